The van der Waals surface area contributed by atoms with Crippen LogP contribution in [-0.2, 0) is 22.4 Å². The van der Waals surface area contributed by atoms with Crippen LogP contribution in [0.3, 0.4) is 0 Å². The van der Waals surface area contributed by atoms with E-state index in [0.29, 0.717) is 39.2 Å². The quantitative estimate of drug-likeness (QED) is 0.867. The summed E-state index contributed by atoms with van der Waals surface area (Å²) in [6, 6.07) is 17.8. The summed E-state index contributed by atoms with van der Waals surface area (Å²) in [6.07, 6.45) is 1.22. The van der Waals surface area contributed by atoms with Crippen LogP contribution in [0.1, 0.15) is 11.1 Å². The van der Waals surface area contributed by atoms with Crippen molar-refractivity contribution in [2.24, 2.45) is 0 Å². The molecule has 0 unspecified atom stereocenters. The Hall–Kier alpha value is -2.86. The molecule has 0 aromatic heterocycles. The molecule has 1 atom stereocenters. The van der Waals surface area contributed by atoms with Gasteiger partial charge in [0.1, 0.15) is 0 Å². The van der Waals surface area contributed by atoms with Crippen molar-refractivity contribution in [2.45, 2.75) is 18.9 Å². The second kappa shape index (κ2) is 8.44. The van der Waals surface area contributed by atoms with E-state index in [0.717, 1.165) is 17.7 Å². The summed E-state index contributed by atoms with van der Waals surface area (Å²) in [5.41, 5.74) is 3.04. The number of carbonyl (C=O) groups excluding carboxylic acids is 2. The van der Waals surface area contributed by atoms with E-state index in [1.165, 1.54) is 5.56 Å². The minimum Gasteiger partial charge on any atom is -0.374 e. The minimum absolute atomic E-state index is 0.0381. The van der Waals surface area contributed by atoms with Crippen LogP contribution in [0, 0.1) is 0 Å². The first-order valence-electron chi connectivity index (χ1n) is 9.76. The van der Waals surface area contributed by atoms with Crippen LogP contribution in [0.5, 0.6) is 0 Å². The maximum Gasteiger partial charge on any atom is 0.321 e. The third kappa shape index (κ3) is 4.34. The first-order chi connectivity index (χ1) is 13.7. The summed E-state index contributed by atoms with van der Waals surface area (Å²) in [4.78, 5) is 28.1. The maximum absolute atomic E-state index is 12.8. The predicted octanol–water partition coefficient (Wildman–Crippen LogP) is 2.23. The summed E-state index contributed by atoms with van der Waals surface area (Å²) in [6.45, 7) is 3.18. The summed E-state index contributed by atoms with van der Waals surface area (Å²) in [5, 5.41) is 2.79. The lowest BCUT2D eigenvalue weighted by Crippen LogP contribution is -2.46. The van der Waals surface area contributed by atoms with Crippen LogP contribution in [0.25, 0.3) is 0 Å². The van der Waals surface area contributed by atoms with Crippen LogP contribution < -0.4 is 10.2 Å². The number of ether oxygens (including phenoxy) is 1. The van der Waals surface area contributed by atoms with Gasteiger partial charge in [-0.15, -0.1) is 0 Å². The van der Waals surface area contributed by atoms with Gasteiger partial charge in [0.15, 0.2) is 0 Å². The molecule has 2 aliphatic rings. The molecule has 3 amide bonds. The van der Waals surface area contributed by atoms with Gasteiger partial charge in [-0.3, -0.25) is 9.69 Å². The maximum atomic E-state index is 12.8. The molecule has 2 heterocycles. The SMILES string of the molecule is O=C(Cc1ccc(N2CCNC2=O)cc1)N1CCO[C@@H](Cc2ccccc2)C1. The number of benzene rings is 2. The second-order valence-electron chi connectivity index (χ2n) is 7.25. The molecular formula is C22H25N3O3. The van der Waals surface area contributed by atoms with Gasteiger partial charge >= 0.3 is 6.03 Å². The van der Waals surface area contributed by atoms with Crippen LogP contribution in [0.4, 0.5) is 10.5 Å². The number of hydrogen-bond acceptors (Lipinski definition) is 3. The van der Waals surface area contributed by atoms with Crippen LogP contribution in [0.2, 0.25) is 0 Å². The number of carbonyl (C=O) groups is 2. The van der Waals surface area contributed by atoms with Gasteiger partial charge < -0.3 is 15.0 Å². The average Bonchev–Trinajstić information content (AvgIpc) is 3.15. The molecule has 2 saturated heterocycles. The number of amides is 3. The zero-order valence-corrected chi connectivity index (χ0v) is 15.8. The fourth-order valence-electron chi connectivity index (χ4n) is 3.74. The molecule has 0 saturated carbocycles. The number of urea groups is 1. The molecule has 28 heavy (non-hydrogen) atoms. The Balaban J connectivity index is 1.33. The molecule has 1 N–H and O–H groups in total. The number of nitrogens with zero attached hydrogens (tertiary/aromatic N) is 2. The largest absolute Gasteiger partial charge is 0.374 e. The molecule has 6 heteroatoms. The van der Waals surface area contributed by atoms with Gasteiger partial charge in [-0.05, 0) is 23.3 Å². The van der Waals surface area contributed by atoms with Crippen molar-refractivity contribution in [1.29, 1.82) is 0 Å². The average molecular weight is 379 g/mol. The smallest absolute Gasteiger partial charge is 0.321 e. The Morgan fingerprint density at radius 2 is 1.82 bits per heavy atom. The van der Waals surface area contributed by atoms with Crippen molar-refractivity contribution in [2.75, 3.05) is 37.7 Å². The van der Waals surface area contributed by atoms with Crippen LogP contribution in [-0.4, -0.2) is 55.7 Å². The Morgan fingerprint density at radius 3 is 2.54 bits per heavy atom. The van der Waals surface area contributed by atoms with Crippen molar-refractivity contribution in [1.82, 2.24) is 10.2 Å². The summed E-state index contributed by atoms with van der Waals surface area (Å²) in [5.74, 6) is 0.119. The van der Waals surface area contributed by atoms with Gasteiger partial charge in [-0.2, -0.15) is 0 Å². The highest BCUT2D eigenvalue weighted by molar-refractivity contribution is 5.94. The molecule has 2 aromatic rings. The van der Waals surface area contributed by atoms with Crippen molar-refractivity contribution < 1.29 is 14.3 Å². The first-order valence-corrected chi connectivity index (χ1v) is 9.76. The van der Waals surface area contributed by atoms with E-state index in [9.17, 15) is 9.59 Å². The predicted molar refractivity (Wildman–Crippen MR) is 107 cm³/mol. The zero-order chi connectivity index (χ0) is 19.3. The van der Waals surface area contributed by atoms with Gasteiger partial charge in [0.05, 0.1) is 19.1 Å². The fraction of sp³-hybridized carbons (Fsp3) is 0.364. The molecule has 0 aliphatic carbocycles. The van der Waals surface area contributed by atoms with Gasteiger partial charge in [0.25, 0.3) is 0 Å². The van der Waals surface area contributed by atoms with E-state index in [-0.39, 0.29) is 18.0 Å². The van der Waals surface area contributed by atoms with E-state index < -0.39 is 0 Å². The van der Waals surface area contributed by atoms with Gasteiger partial charge in [-0.25, -0.2) is 4.79 Å². The molecule has 0 radical (unpaired) electrons. The normalized spacial score (nSPS) is 19.6. The highest BCUT2D eigenvalue weighted by Crippen LogP contribution is 2.18. The lowest BCUT2D eigenvalue weighted by molar-refractivity contribution is -0.138. The number of nitrogens with one attached hydrogen (secondary N) is 1. The molecule has 2 fully saturated rings. The number of morpholine rings is 1. The molecule has 0 bridgehead atoms. The number of rotatable bonds is 5. The van der Waals surface area contributed by atoms with E-state index in [1.807, 2.05) is 47.4 Å². The van der Waals surface area contributed by atoms with Crippen molar-refractivity contribution in [3.63, 3.8) is 0 Å². The Bertz CT molecular complexity index is 823. The standard InChI is InChI=1S/C22H25N3O3/c26-21(15-18-6-8-19(9-7-18)25-11-10-23-22(25)27)24-12-13-28-20(16-24)14-17-4-2-1-3-5-17/h1-9,20H,10-16H2,(H,23,27)/t20-/m0/s1. The molecule has 2 aliphatic heterocycles. The third-order valence-electron chi connectivity index (χ3n) is 5.26. The zero-order valence-electron chi connectivity index (χ0n) is 15.8. The molecule has 2 aromatic carbocycles. The van der Waals surface area contributed by atoms with Crippen LogP contribution >= 0.6 is 0 Å². The van der Waals surface area contributed by atoms with Crippen molar-refractivity contribution in [3.05, 3.63) is 65.7 Å². The highest BCUT2D eigenvalue weighted by atomic mass is 16.5. The first kappa shape index (κ1) is 18.5. The summed E-state index contributed by atoms with van der Waals surface area (Å²) >= 11 is 0. The number of hydrogen-bond donors (Lipinski definition) is 1. The highest BCUT2D eigenvalue weighted by Gasteiger charge is 2.25. The Labute approximate surface area is 165 Å². The fourth-order valence-corrected chi connectivity index (χ4v) is 3.74. The molecule has 146 valence electrons. The van der Waals surface area contributed by atoms with Gasteiger partial charge in [0, 0.05) is 38.3 Å². The van der Waals surface area contributed by atoms with E-state index in [1.54, 1.807) is 4.90 Å². The van der Waals surface area contributed by atoms with Crippen molar-refractivity contribution >= 4 is 17.6 Å². The minimum atomic E-state index is -0.0680. The van der Waals surface area contributed by atoms with E-state index >= 15 is 0 Å². The number of anilines is 1. The second-order valence-corrected chi connectivity index (χ2v) is 7.25. The summed E-state index contributed by atoms with van der Waals surface area (Å²) < 4.78 is 5.86. The third-order valence-corrected chi connectivity index (χ3v) is 5.26. The van der Waals surface area contributed by atoms with E-state index in [4.69, 9.17) is 4.74 Å². The Kier molecular flexibility index (Phi) is 5.58. The summed E-state index contributed by atoms with van der Waals surface area (Å²) in [7, 11) is 0. The molecule has 6 nitrogen and oxygen atoms in total. The molecular weight excluding hydrogens is 354 g/mol. The van der Waals surface area contributed by atoms with Crippen molar-refractivity contribution in [3.8, 4) is 0 Å². The van der Waals surface area contributed by atoms with E-state index in [2.05, 4.69) is 17.4 Å². The topological polar surface area (TPSA) is 61.9 Å². The lowest BCUT2D eigenvalue weighted by Gasteiger charge is -2.33. The monoisotopic (exact) mass is 379 g/mol. The molecule has 0 spiro atoms. The van der Waals surface area contributed by atoms with Gasteiger partial charge in [-0.1, -0.05) is 42.5 Å². The lowest BCUT2D eigenvalue weighted by atomic mass is 10.1. The molecule has 4 rings (SSSR count). The van der Waals surface area contributed by atoms with Crippen LogP contribution in [0.15, 0.2) is 54.6 Å². The Morgan fingerprint density at radius 1 is 1.04 bits per heavy atom. The van der Waals surface area contributed by atoms with Gasteiger partial charge in [0.2, 0.25) is 5.91 Å².